The molecule has 2 aromatic heterocycles. The highest BCUT2D eigenvalue weighted by atomic mass is 16.2. The van der Waals surface area contributed by atoms with E-state index in [1.807, 2.05) is 25.1 Å². The first-order valence-corrected chi connectivity index (χ1v) is 7.85. The van der Waals surface area contributed by atoms with Gasteiger partial charge in [0.1, 0.15) is 5.69 Å². The molecule has 0 radical (unpaired) electrons. The summed E-state index contributed by atoms with van der Waals surface area (Å²) in [5, 5.41) is 3.12. The molecule has 0 saturated carbocycles. The molecule has 1 amide bonds. The molecule has 0 unspecified atom stereocenters. The second-order valence-electron chi connectivity index (χ2n) is 5.47. The molecule has 6 nitrogen and oxygen atoms in total. The summed E-state index contributed by atoms with van der Waals surface area (Å²) in [7, 11) is 1.80. The summed E-state index contributed by atoms with van der Waals surface area (Å²) in [4.78, 5) is 27.0. The average molecular weight is 313 g/mol. The molecule has 0 atom stereocenters. The molecule has 23 heavy (non-hydrogen) atoms. The van der Waals surface area contributed by atoms with Crippen molar-refractivity contribution in [3.8, 4) is 0 Å². The molecule has 0 spiro atoms. The molecular formula is C17H23N5O. The summed E-state index contributed by atoms with van der Waals surface area (Å²) in [6, 6.07) is 7.44. The number of carbonyl (C=O) groups excluding carboxylic acids is 1. The van der Waals surface area contributed by atoms with Crippen LogP contribution in [0.15, 0.2) is 30.5 Å². The Labute approximate surface area is 137 Å². The van der Waals surface area contributed by atoms with Crippen LogP contribution < -0.4 is 5.32 Å². The van der Waals surface area contributed by atoms with Crippen LogP contribution in [0.2, 0.25) is 0 Å². The number of hydrogen-bond donors (Lipinski definition) is 1. The Bertz CT molecular complexity index is 645. The summed E-state index contributed by atoms with van der Waals surface area (Å²) >= 11 is 0. The minimum atomic E-state index is -0.0789. The number of aryl methyl sites for hydroxylation is 1. The number of rotatable bonds is 7. The molecule has 2 heterocycles. The zero-order valence-electron chi connectivity index (χ0n) is 13.9. The summed E-state index contributed by atoms with van der Waals surface area (Å²) in [5.41, 5.74) is 2.07. The molecular weight excluding hydrogens is 290 g/mol. The molecule has 122 valence electrons. The summed E-state index contributed by atoms with van der Waals surface area (Å²) in [5.74, 6) is 0.368. The van der Waals surface area contributed by atoms with Gasteiger partial charge in [-0.2, -0.15) is 0 Å². The van der Waals surface area contributed by atoms with Crippen LogP contribution in [-0.2, 0) is 6.54 Å². The van der Waals surface area contributed by atoms with Crippen LogP contribution in [0, 0.1) is 6.92 Å². The number of amides is 1. The van der Waals surface area contributed by atoms with Crippen molar-refractivity contribution < 1.29 is 4.79 Å². The van der Waals surface area contributed by atoms with E-state index in [4.69, 9.17) is 0 Å². The van der Waals surface area contributed by atoms with Gasteiger partial charge >= 0.3 is 0 Å². The van der Waals surface area contributed by atoms with Gasteiger partial charge in [-0.15, -0.1) is 0 Å². The lowest BCUT2D eigenvalue weighted by molar-refractivity contribution is 0.0787. The summed E-state index contributed by atoms with van der Waals surface area (Å²) in [6.07, 6.45) is 3.78. The van der Waals surface area contributed by atoms with E-state index in [2.05, 4.69) is 27.2 Å². The van der Waals surface area contributed by atoms with Gasteiger partial charge in [-0.3, -0.25) is 9.78 Å². The van der Waals surface area contributed by atoms with Crippen molar-refractivity contribution in [1.82, 2.24) is 19.9 Å². The zero-order valence-corrected chi connectivity index (χ0v) is 13.9. The van der Waals surface area contributed by atoms with E-state index in [0.717, 1.165) is 30.8 Å². The maximum Gasteiger partial charge on any atom is 0.272 e. The lowest BCUT2D eigenvalue weighted by atomic mass is 10.2. The van der Waals surface area contributed by atoms with Crippen LogP contribution >= 0.6 is 0 Å². The van der Waals surface area contributed by atoms with Crippen LogP contribution in [0.1, 0.15) is 41.6 Å². The molecule has 2 rings (SSSR count). The molecule has 0 aliphatic rings. The lowest BCUT2D eigenvalue weighted by Crippen LogP contribution is -2.29. The first-order chi connectivity index (χ1) is 11.1. The predicted octanol–water partition coefficient (Wildman–Crippen LogP) is 2.66. The number of anilines is 1. The first-order valence-electron chi connectivity index (χ1n) is 7.85. The molecule has 0 saturated heterocycles. The Morgan fingerprint density at radius 1 is 1.30 bits per heavy atom. The monoisotopic (exact) mass is 313 g/mol. The molecule has 1 N–H and O–H groups in total. The van der Waals surface area contributed by atoms with Crippen LogP contribution in [0.25, 0.3) is 0 Å². The lowest BCUT2D eigenvalue weighted by Gasteiger charge is -2.16. The highest BCUT2D eigenvalue weighted by Gasteiger charge is 2.14. The number of nitrogens with zero attached hydrogens (tertiary/aromatic N) is 4. The van der Waals surface area contributed by atoms with Crippen molar-refractivity contribution in [2.75, 3.05) is 18.9 Å². The standard InChI is InChI=1S/C17H23N5O/c1-4-5-10-22(3)16(23)15-11-13(2)20-17(21-15)19-12-14-8-6-7-9-18-14/h6-9,11H,4-5,10,12H2,1-3H3,(H,19,20,21). The minimum absolute atomic E-state index is 0.0789. The van der Waals surface area contributed by atoms with E-state index in [9.17, 15) is 4.79 Å². The highest BCUT2D eigenvalue weighted by molar-refractivity contribution is 5.92. The van der Waals surface area contributed by atoms with Crippen molar-refractivity contribution in [2.45, 2.75) is 33.2 Å². The van der Waals surface area contributed by atoms with Crippen LogP contribution in [-0.4, -0.2) is 39.4 Å². The highest BCUT2D eigenvalue weighted by Crippen LogP contribution is 2.09. The molecule has 0 aliphatic carbocycles. The zero-order chi connectivity index (χ0) is 16.7. The number of hydrogen-bond acceptors (Lipinski definition) is 5. The van der Waals surface area contributed by atoms with Crippen LogP contribution in [0.4, 0.5) is 5.95 Å². The van der Waals surface area contributed by atoms with Crippen molar-refractivity contribution in [3.63, 3.8) is 0 Å². The quantitative estimate of drug-likeness (QED) is 0.851. The molecule has 0 bridgehead atoms. The fraction of sp³-hybridized carbons (Fsp3) is 0.412. The SMILES string of the molecule is CCCCN(C)C(=O)c1cc(C)nc(NCc2ccccn2)n1. The van der Waals surface area contributed by atoms with Gasteiger partial charge in [0.05, 0.1) is 12.2 Å². The van der Waals surface area contributed by atoms with Gasteiger partial charge in [-0.1, -0.05) is 19.4 Å². The van der Waals surface area contributed by atoms with E-state index in [1.165, 1.54) is 0 Å². The summed E-state index contributed by atoms with van der Waals surface area (Å²) in [6.45, 7) is 5.21. The second kappa shape index (κ2) is 8.22. The number of aromatic nitrogens is 3. The van der Waals surface area contributed by atoms with E-state index < -0.39 is 0 Å². The fourth-order valence-electron chi connectivity index (χ4n) is 2.12. The van der Waals surface area contributed by atoms with Crippen LogP contribution in [0.3, 0.4) is 0 Å². The maximum atomic E-state index is 12.4. The first kappa shape index (κ1) is 16.9. The molecule has 0 aliphatic heterocycles. The number of nitrogens with one attached hydrogen (secondary N) is 1. The van der Waals surface area contributed by atoms with Crippen molar-refractivity contribution in [1.29, 1.82) is 0 Å². The van der Waals surface area contributed by atoms with Gasteiger partial charge in [0.2, 0.25) is 5.95 Å². The fourth-order valence-corrected chi connectivity index (χ4v) is 2.12. The topological polar surface area (TPSA) is 71.0 Å². The van der Waals surface area contributed by atoms with Crippen LogP contribution in [0.5, 0.6) is 0 Å². The van der Waals surface area contributed by atoms with Gasteiger partial charge in [0.15, 0.2) is 0 Å². The van der Waals surface area contributed by atoms with Gasteiger partial charge in [-0.25, -0.2) is 9.97 Å². The second-order valence-corrected chi connectivity index (χ2v) is 5.47. The van der Waals surface area contributed by atoms with Gasteiger partial charge in [-0.05, 0) is 31.5 Å². The Hall–Kier alpha value is -2.50. The Balaban J connectivity index is 2.07. The third-order valence-corrected chi connectivity index (χ3v) is 3.42. The largest absolute Gasteiger partial charge is 0.349 e. The smallest absolute Gasteiger partial charge is 0.272 e. The van der Waals surface area contributed by atoms with Crippen molar-refractivity contribution >= 4 is 11.9 Å². The minimum Gasteiger partial charge on any atom is -0.349 e. The number of carbonyl (C=O) groups is 1. The Kier molecular flexibility index (Phi) is 6.02. The van der Waals surface area contributed by atoms with E-state index in [-0.39, 0.29) is 5.91 Å². The van der Waals surface area contributed by atoms with Gasteiger partial charge in [0, 0.05) is 25.5 Å². The normalized spacial score (nSPS) is 10.4. The predicted molar refractivity (Wildman–Crippen MR) is 90.2 cm³/mol. The summed E-state index contributed by atoms with van der Waals surface area (Å²) < 4.78 is 0. The Morgan fingerprint density at radius 3 is 2.83 bits per heavy atom. The number of pyridine rings is 1. The van der Waals surface area contributed by atoms with Gasteiger partial charge in [0.25, 0.3) is 5.91 Å². The molecule has 6 heteroatoms. The maximum absolute atomic E-state index is 12.4. The van der Waals surface area contributed by atoms with Crippen molar-refractivity contribution in [3.05, 3.63) is 47.5 Å². The third-order valence-electron chi connectivity index (χ3n) is 3.42. The van der Waals surface area contributed by atoms with E-state index in [0.29, 0.717) is 18.2 Å². The third kappa shape index (κ3) is 5.02. The van der Waals surface area contributed by atoms with E-state index >= 15 is 0 Å². The van der Waals surface area contributed by atoms with E-state index in [1.54, 1.807) is 24.2 Å². The van der Waals surface area contributed by atoms with Gasteiger partial charge < -0.3 is 10.2 Å². The molecule has 0 fully saturated rings. The molecule has 2 aromatic rings. The number of unbranched alkanes of at least 4 members (excludes halogenated alkanes) is 1. The van der Waals surface area contributed by atoms with Crippen molar-refractivity contribution in [2.24, 2.45) is 0 Å². The Morgan fingerprint density at radius 2 is 2.13 bits per heavy atom. The molecule has 0 aromatic carbocycles. The average Bonchev–Trinajstić information content (AvgIpc) is 2.57.